The van der Waals surface area contributed by atoms with Crippen LogP contribution in [0.25, 0.3) is 22.4 Å². The highest BCUT2D eigenvalue weighted by Gasteiger charge is 2.24. The molecule has 0 spiro atoms. The number of fused-ring (bicyclic) bond motifs is 1. The van der Waals surface area contributed by atoms with E-state index in [1.54, 1.807) is 28.9 Å². The van der Waals surface area contributed by atoms with Crippen molar-refractivity contribution >= 4 is 11.9 Å². The smallest absolute Gasteiger partial charge is 0.410 e. The highest BCUT2D eigenvalue weighted by atomic mass is 19.1. The molecule has 8 heteroatoms. The molecule has 0 saturated heterocycles. The zero-order chi connectivity index (χ0) is 18.1. The zero-order valence-electron chi connectivity index (χ0n) is 13.6. The van der Waals surface area contributed by atoms with E-state index >= 15 is 0 Å². The summed E-state index contributed by atoms with van der Waals surface area (Å²) < 4.78 is 20.9. The Labute approximate surface area is 148 Å². The van der Waals surface area contributed by atoms with Gasteiger partial charge in [-0.1, -0.05) is 0 Å². The number of rotatable bonds is 3. The number of ether oxygens (including phenoxy) is 1. The summed E-state index contributed by atoms with van der Waals surface area (Å²) in [5.41, 5.74) is 2.84. The van der Waals surface area contributed by atoms with E-state index in [-0.39, 0.29) is 11.6 Å². The number of pyridine rings is 1. The van der Waals surface area contributed by atoms with Crippen molar-refractivity contribution in [1.82, 2.24) is 14.8 Å². The van der Waals surface area contributed by atoms with Gasteiger partial charge in [0.15, 0.2) is 0 Å². The minimum absolute atomic E-state index is 0.204. The maximum atomic E-state index is 13.3. The fourth-order valence-corrected chi connectivity index (χ4v) is 2.96. The van der Waals surface area contributed by atoms with Crippen molar-refractivity contribution in [2.24, 2.45) is 0 Å². The zero-order valence-corrected chi connectivity index (χ0v) is 13.6. The molecule has 1 aromatic carbocycles. The lowest BCUT2D eigenvalue weighted by Crippen LogP contribution is -2.15. The Morgan fingerprint density at radius 1 is 1.23 bits per heavy atom. The molecule has 1 amide bonds. The van der Waals surface area contributed by atoms with Gasteiger partial charge in [-0.3, -0.25) is 5.32 Å². The van der Waals surface area contributed by atoms with Crippen molar-refractivity contribution in [3.8, 4) is 28.3 Å². The number of nitrogens with zero attached hydrogens (tertiary/aromatic N) is 3. The Morgan fingerprint density at radius 2 is 2.04 bits per heavy atom. The summed E-state index contributed by atoms with van der Waals surface area (Å²) >= 11 is 0. The van der Waals surface area contributed by atoms with Crippen molar-refractivity contribution in [3.63, 3.8) is 0 Å². The Bertz CT molecular complexity index is 969. The van der Waals surface area contributed by atoms with Gasteiger partial charge < -0.3 is 9.84 Å². The standard InChI is InChI=1S/C18H15FN4O3/c19-13-4-2-11(3-5-13)16-15(17-23(22-16)8-1-9-26-17)12-6-7-20-14(10-12)21-18(24)25/h2-7,10H,1,8-9H2,(H,20,21)(H,24,25). The van der Waals surface area contributed by atoms with E-state index in [0.29, 0.717) is 23.7 Å². The van der Waals surface area contributed by atoms with Gasteiger partial charge in [-0.2, -0.15) is 5.10 Å². The number of anilines is 1. The quantitative estimate of drug-likeness (QED) is 0.750. The molecule has 0 radical (unpaired) electrons. The number of nitrogens with one attached hydrogen (secondary N) is 1. The fraction of sp³-hybridized carbons (Fsp3) is 0.167. The lowest BCUT2D eigenvalue weighted by Gasteiger charge is -2.16. The molecule has 3 heterocycles. The minimum Gasteiger partial charge on any atom is -0.477 e. The number of aryl methyl sites for hydroxylation is 1. The molecule has 3 aromatic rings. The van der Waals surface area contributed by atoms with Crippen LogP contribution < -0.4 is 10.1 Å². The minimum atomic E-state index is -1.19. The average Bonchev–Trinajstić information content (AvgIpc) is 3.01. The number of hydrogen-bond acceptors (Lipinski definition) is 4. The molecule has 0 unspecified atom stereocenters. The van der Waals surface area contributed by atoms with Crippen molar-refractivity contribution in [2.75, 3.05) is 11.9 Å². The fourth-order valence-electron chi connectivity index (χ4n) is 2.96. The van der Waals surface area contributed by atoms with Crippen molar-refractivity contribution < 1.29 is 19.0 Å². The maximum absolute atomic E-state index is 13.3. The first kappa shape index (κ1) is 16.1. The summed E-state index contributed by atoms with van der Waals surface area (Å²) in [7, 11) is 0. The van der Waals surface area contributed by atoms with E-state index in [0.717, 1.165) is 24.1 Å². The van der Waals surface area contributed by atoms with Crippen LogP contribution in [0.4, 0.5) is 15.0 Å². The normalized spacial score (nSPS) is 13.0. The molecule has 2 N–H and O–H groups in total. The van der Waals surface area contributed by atoms with Gasteiger partial charge in [0.05, 0.1) is 12.2 Å². The Hall–Kier alpha value is -3.42. The van der Waals surface area contributed by atoms with Crippen LogP contribution in [0.3, 0.4) is 0 Å². The van der Waals surface area contributed by atoms with Gasteiger partial charge in [-0.15, -0.1) is 0 Å². The van der Waals surface area contributed by atoms with Crippen LogP contribution in [0.2, 0.25) is 0 Å². The van der Waals surface area contributed by atoms with Gasteiger partial charge in [0, 0.05) is 24.7 Å². The highest BCUT2D eigenvalue weighted by Crippen LogP contribution is 2.41. The number of benzene rings is 1. The number of halogens is 1. The predicted octanol–water partition coefficient (Wildman–Crippen LogP) is 3.62. The van der Waals surface area contributed by atoms with E-state index in [1.165, 1.54) is 18.3 Å². The van der Waals surface area contributed by atoms with Gasteiger partial charge in [0.25, 0.3) is 0 Å². The molecule has 0 saturated carbocycles. The molecule has 0 bridgehead atoms. The number of aromatic nitrogens is 3. The van der Waals surface area contributed by atoms with Crippen LogP contribution in [-0.4, -0.2) is 32.6 Å². The lowest BCUT2D eigenvalue weighted by molar-refractivity contribution is 0.209. The summed E-state index contributed by atoms with van der Waals surface area (Å²) in [6.07, 6.45) is 1.17. The van der Waals surface area contributed by atoms with Crippen LogP contribution >= 0.6 is 0 Å². The van der Waals surface area contributed by atoms with Gasteiger partial charge in [-0.05, 0) is 42.0 Å². The molecule has 0 aliphatic carbocycles. The molecular weight excluding hydrogens is 339 g/mol. The summed E-state index contributed by atoms with van der Waals surface area (Å²) in [4.78, 5) is 14.9. The Kier molecular flexibility index (Phi) is 4.00. The Balaban J connectivity index is 1.88. The second-order valence-electron chi connectivity index (χ2n) is 5.82. The lowest BCUT2D eigenvalue weighted by atomic mass is 10.0. The summed E-state index contributed by atoms with van der Waals surface area (Å²) in [6.45, 7) is 1.29. The molecule has 132 valence electrons. The first-order chi connectivity index (χ1) is 12.6. The molecule has 26 heavy (non-hydrogen) atoms. The van der Waals surface area contributed by atoms with Gasteiger partial charge in [0.2, 0.25) is 5.88 Å². The largest absolute Gasteiger partial charge is 0.477 e. The van der Waals surface area contributed by atoms with E-state index in [9.17, 15) is 9.18 Å². The third-order valence-corrected chi connectivity index (χ3v) is 4.06. The van der Waals surface area contributed by atoms with E-state index in [2.05, 4.69) is 15.4 Å². The summed E-state index contributed by atoms with van der Waals surface area (Å²) in [5, 5.41) is 15.8. The molecule has 2 aromatic heterocycles. The molecule has 7 nitrogen and oxygen atoms in total. The van der Waals surface area contributed by atoms with E-state index < -0.39 is 6.09 Å². The van der Waals surface area contributed by atoms with Gasteiger partial charge in [0.1, 0.15) is 17.3 Å². The number of amides is 1. The number of carbonyl (C=O) groups is 1. The van der Waals surface area contributed by atoms with Crippen molar-refractivity contribution in [3.05, 3.63) is 48.4 Å². The first-order valence-corrected chi connectivity index (χ1v) is 8.08. The van der Waals surface area contributed by atoms with Crippen LogP contribution in [0.5, 0.6) is 5.88 Å². The van der Waals surface area contributed by atoms with Crippen LogP contribution in [0.15, 0.2) is 42.6 Å². The van der Waals surface area contributed by atoms with Crippen molar-refractivity contribution in [1.29, 1.82) is 0 Å². The van der Waals surface area contributed by atoms with Gasteiger partial charge in [-0.25, -0.2) is 18.9 Å². The molecule has 0 atom stereocenters. The summed E-state index contributed by atoms with van der Waals surface area (Å²) in [6, 6.07) is 9.45. The second kappa shape index (κ2) is 6.47. The number of hydrogen-bond donors (Lipinski definition) is 2. The van der Waals surface area contributed by atoms with Crippen molar-refractivity contribution in [2.45, 2.75) is 13.0 Å². The molecule has 4 rings (SSSR count). The first-order valence-electron chi connectivity index (χ1n) is 8.08. The molecular formula is C18H15FN4O3. The third-order valence-electron chi connectivity index (χ3n) is 4.06. The summed E-state index contributed by atoms with van der Waals surface area (Å²) in [5.74, 6) is 0.492. The maximum Gasteiger partial charge on any atom is 0.410 e. The van der Waals surface area contributed by atoms with Gasteiger partial charge >= 0.3 is 6.09 Å². The Morgan fingerprint density at radius 3 is 2.81 bits per heavy atom. The third kappa shape index (κ3) is 2.97. The molecule has 0 fully saturated rings. The molecule has 1 aliphatic rings. The van der Waals surface area contributed by atoms with E-state index in [1.807, 2.05) is 0 Å². The SMILES string of the molecule is O=C(O)Nc1cc(-c2c(-c3ccc(F)cc3)nn3c2OCCC3)ccn1. The van der Waals surface area contributed by atoms with E-state index in [4.69, 9.17) is 9.84 Å². The van der Waals surface area contributed by atoms with Crippen LogP contribution in [0.1, 0.15) is 6.42 Å². The topological polar surface area (TPSA) is 89.3 Å². The monoisotopic (exact) mass is 354 g/mol. The predicted molar refractivity (Wildman–Crippen MR) is 92.6 cm³/mol. The molecule has 1 aliphatic heterocycles. The van der Waals surface area contributed by atoms with Crippen LogP contribution in [-0.2, 0) is 6.54 Å². The highest BCUT2D eigenvalue weighted by molar-refractivity contribution is 5.87. The average molecular weight is 354 g/mol. The van der Waals surface area contributed by atoms with Crippen LogP contribution in [0, 0.1) is 5.82 Å². The number of carboxylic acid groups (broad SMARTS) is 1. The second-order valence-corrected chi connectivity index (χ2v) is 5.82.